The minimum Gasteiger partial charge on any atom is -0.349 e. The first-order valence-corrected chi connectivity index (χ1v) is 6.80. The fourth-order valence-electron chi connectivity index (χ4n) is 2.14. The summed E-state index contributed by atoms with van der Waals surface area (Å²) in [4.78, 5) is 22.5. The Hall–Kier alpha value is -1.96. The summed E-state index contributed by atoms with van der Waals surface area (Å²) in [5, 5.41) is 20.1. The highest BCUT2D eigenvalue weighted by Crippen LogP contribution is 2.31. The van der Waals surface area contributed by atoms with Crippen molar-refractivity contribution in [2.75, 3.05) is 6.54 Å². The first-order chi connectivity index (χ1) is 9.54. The van der Waals surface area contributed by atoms with Crippen LogP contribution in [0.25, 0.3) is 0 Å². The summed E-state index contributed by atoms with van der Waals surface area (Å²) in [7, 11) is 0. The second-order valence-corrected chi connectivity index (χ2v) is 5.12. The van der Waals surface area contributed by atoms with Gasteiger partial charge in [0.05, 0.1) is 4.92 Å². The number of carbonyl (C=O) groups excluding carboxylic acids is 1. The highest BCUT2D eigenvalue weighted by atomic mass is 16.6. The number of aromatic nitrogens is 2. The smallest absolute Gasteiger partial charge is 0.322 e. The molecule has 1 heterocycles. The van der Waals surface area contributed by atoms with Gasteiger partial charge in [-0.2, -0.15) is 5.10 Å². The Balaban J connectivity index is 2.06. The van der Waals surface area contributed by atoms with Crippen LogP contribution in [-0.4, -0.2) is 33.6 Å². The van der Waals surface area contributed by atoms with Crippen LogP contribution in [0.1, 0.15) is 42.4 Å². The SMILES string of the molecule is CCCc1[nH]nc(C(=O)NCC(N)C2CC2)c1[N+](=O)[O-]. The highest BCUT2D eigenvalue weighted by Gasteiger charge is 2.31. The van der Waals surface area contributed by atoms with E-state index in [2.05, 4.69) is 15.5 Å². The zero-order valence-corrected chi connectivity index (χ0v) is 11.4. The van der Waals surface area contributed by atoms with E-state index in [1.54, 1.807) is 0 Å². The number of nitrogens with two attached hydrogens (primary N) is 1. The lowest BCUT2D eigenvalue weighted by Crippen LogP contribution is -2.38. The molecule has 1 aromatic rings. The average Bonchev–Trinajstić information content (AvgIpc) is 3.17. The van der Waals surface area contributed by atoms with Crippen LogP contribution in [0.5, 0.6) is 0 Å². The first-order valence-electron chi connectivity index (χ1n) is 6.80. The Morgan fingerprint density at radius 2 is 2.35 bits per heavy atom. The minimum absolute atomic E-state index is 0.0907. The van der Waals surface area contributed by atoms with E-state index in [0.717, 1.165) is 19.3 Å². The molecule has 0 aliphatic heterocycles. The number of nitro groups is 1. The molecule has 2 rings (SSSR count). The van der Waals surface area contributed by atoms with E-state index in [9.17, 15) is 14.9 Å². The van der Waals surface area contributed by atoms with Crippen molar-refractivity contribution < 1.29 is 9.72 Å². The molecular formula is C12H19N5O3. The van der Waals surface area contributed by atoms with Crippen molar-refractivity contribution in [2.24, 2.45) is 11.7 Å². The molecule has 1 fully saturated rings. The third kappa shape index (κ3) is 3.13. The average molecular weight is 281 g/mol. The molecule has 1 atom stereocenters. The Kier molecular flexibility index (Phi) is 4.33. The van der Waals surface area contributed by atoms with Gasteiger partial charge < -0.3 is 11.1 Å². The quantitative estimate of drug-likeness (QED) is 0.501. The molecule has 8 heteroatoms. The van der Waals surface area contributed by atoms with Gasteiger partial charge in [-0.15, -0.1) is 0 Å². The van der Waals surface area contributed by atoms with Crippen LogP contribution in [0.4, 0.5) is 5.69 Å². The molecule has 1 saturated carbocycles. The molecule has 0 aromatic carbocycles. The van der Waals surface area contributed by atoms with Crippen molar-refractivity contribution in [3.63, 3.8) is 0 Å². The number of nitrogens with zero attached hydrogens (tertiary/aromatic N) is 2. The van der Waals surface area contributed by atoms with E-state index in [-0.39, 0.29) is 17.4 Å². The molecule has 0 saturated heterocycles. The predicted octanol–water partition coefficient (Wildman–Crippen LogP) is 0.738. The third-order valence-corrected chi connectivity index (χ3v) is 3.44. The molecule has 1 unspecified atom stereocenters. The number of hydrogen-bond acceptors (Lipinski definition) is 5. The zero-order valence-electron chi connectivity index (χ0n) is 11.4. The number of aromatic amines is 1. The summed E-state index contributed by atoms with van der Waals surface area (Å²) in [6.07, 6.45) is 3.38. The number of carbonyl (C=O) groups is 1. The Labute approximate surface area is 116 Å². The summed E-state index contributed by atoms with van der Waals surface area (Å²) in [6, 6.07) is -0.0907. The van der Waals surface area contributed by atoms with E-state index in [4.69, 9.17) is 5.73 Å². The fraction of sp³-hybridized carbons (Fsp3) is 0.667. The first kappa shape index (κ1) is 14.4. The second kappa shape index (κ2) is 6.00. The van der Waals surface area contributed by atoms with Gasteiger partial charge in [-0.25, -0.2) is 0 Å². The van der Waals surface area contributed by atoms with Gasteiger partial charge in [0.2, 0.25) is 5.69 Å². The standard InChI is InChI=1S/C12H19N5O3/c1-2-3-9-11(17(19)20)10(16-15-9)12(18)14-6-8(13)7-4-5-7/h7-8H,2-6,13H2,1H3,(H,14,18)(H,15,16). The van der Waals surface area contributed by atoms with Crippen molar-refractivity contribution in [1.82, 2.24) is 15.5 Å². The molecule has 1 aliphatic carbocycles. The van der Waals surface area contributed by atoms with E-state index in [0.29, 0.717) is 24.6 Å². The molecular weight excluding hydrogens is 262 g/mol. The maximum atomic E-state index is 12.0. The van der Waals surface area contributed by atoms with Crippen LogP contribution in [0.2, 0.25) is 0 Å². The lowest BCUT2D eigenvalue weighted by Gasteiger charge is -2.10. The Bertz CT molecular complexity index is 509. The molecule has 8 nitrogen and oxygen atoms in total. The molecule has 0 radical (unpaired) electrons. The number of H-pyrrole nitrogens is 1. The molecule has 1 aliphatic rings. The van der Waals surface area contributed by atoms with Crippen LogP contribution >= 0.6 is 0 Å². The monoisotopic (exact) mass is 281 g/mol. The van der Waals surface area contributed by atoms with Crippen LogP contribution in [0.3, 0.4) is 0 Å². The van der Waals surface area contributed by atoms with Gasteiger partial charge in [0.1, 0.15) is 5.69 Å². The van der Waals surface area contributed by atoms with E-state index in [1.807, 2.05) is 6.92 Å². The zero-order chi connectivity index (χ0) is 14.7. The highest BCUT2D eigenvalue weighted by molar-refractivity contribution is 5.96. The number of nitrogens with one attached hydrogen (secondary N) is 2. The van der Waals surface area contributed by atoms with Gasteiger partial charge in [-0.3, -0.25) is 20.0 Å². The van der Waals surface area contributed by atoms with E-state index < -0.39 is 10.8 Å². The van der Waals surface area contributed by atoms with Gasteiger partial charge >= 0.3 is 5.69 Å². The Morgan fingerprint density at radius 3 is 2.90 bits per heavy atom. The maximum absolute atomic E-state index is 12.0. The summed E-state index contributed by atoms with van der Waals surface area (Å²) >= 11 is 0. The lowest BCUT2D eigenvalue weighted by atomic mass is 10.2. The van der Waals surface area contributed by atoms with Gasteiger partial charge in [0.15, 0.2) is 0 Å². The van der Waals surface area contributed by atoms with Crippen molar-refractivity contribution in [3.8, 4) is 0 Å². The third-order valence-electron chi connectivity index (χ3n) is 3.44. The van der Waals surface area contributed by atoms with Crippen LogP contribution in [-0.2, 0) is 6.42 Å². The van der Waals surface area contributed by atoms with E-state index >= 15 is 0 Å². The minimum atomic E-state index is -0.565. The van der Waals surface area contributed by atoms with Crippen molar-refractivity contribution in [2.45, 2.75) is 38.6 Å². The normalized spacial score (nSPS) is 15.9. The topological polar surface area (TPSA) is 127 Å². The van der Waals surface area contributed by atoms with Crippen molar-refractivity contribution in [3.05, 3.63) is 21.5 Å². The molecule has 20 heavy (non-hydrogen) atoms. The summed E-state index contributed by atoms with van der Waals surface area (Å²) < 4.78 is 0. The largest absolute Gasteiger partial charge is 0.349 e. The van der Waals surface area contributed by atoms with Crippen molar-refractivity contribution >= 4 is 11.6 Å². The Morgan fingerprint density at radius 1 is 1.65 bits per heavy atom. The number of amides is 1. The van der Waals surface area contributed by atoms with Gasteiger partial charge in [0, 0.05) is 12.6 Å². The maximum Gasteiger partial charge on any atom is 0.322 e. The van der Waals surface area contributed by atoms with Gasteiger partial charge in [-0.05, 0) is 25.2 Å². The number of aryl methyl sites for hydroxylation is 1. The van der Waals surface area contributed by atoms with Gasteiger partial charge in [0.25, 0.3) is 5.91 Å². The number of hydrogen-bond donors (Lipinski definition) is 3. The number of rotatable bonds is 7. The fourth-order valence-corrected chi connectivity index (χ4v) is 2.14. The summed E-state index contributed by atoms with van der Waals surface area (Å²) in [5.41, 5.74) is 5.87. The van der Waals surface area contributed by atoms with Crippen LogP contribution in [0, 0.1) is 16.0 Å². The van der Waals surface area contributed by atoms with Crippen molar-refractivity contribution in [1.29, 1.82) is 0 Å². The molecule has 1 amide bonds. The van der Waals surface area contributed by atoms with Crippen LogP contribution in [0.15, 0.2) is 0 Å². The lowest BCUT2D eigenvalue weighted by molar-refractivity contribution is -0.385. The molecule has 0 bridgehead atoms. The van der Waals surface area contributed by atoms with E-state index in [1.165, 1.54) is 0 Å². The molecule has 1 aromatic heterocycles. The molecule has 110 valence electrons. The van der Waals surface area contributed by atoms with Crippen LogP contribution < -0.4 is 11.1 Å². The predicted molar refractivity (Wildman–Crippen MR) is 72.3 cm³/mol. The molecule has 4 N–H and O–H groups in total. The second-order valence-electron chi connectivity index (χ2n) is 5.12. The summed E-state index contributed by atoms with van der Waals surface area (Å²) in [5.74, 6) is -0.0912. The summed E-state index contributed by atoms with van der Waals surface area (Å²) in [6.45, 7) is 2.22. The molecule has 0 spiro atoms. The van der Waals surface area contributed by atoms with Gasteiger partial charge in [-0.1, -0.05) is 13.3 Å².